The molecule has 27 heavy (non-hydrogen) atoms. The summed E-state index contributed by atoms with van der Waals surface area (Å²) in [6, 6.07) is 8.55. The summed E-state index contributed by atoms with van der Waals surface area (Å²) in [4.78, 5) is 17.5. The topological polar surface area (TPSA) is 35.6 Å². The maximum Gasteiger partial charge on any atom is 0.223 e. The molecule has 3 fully saturated rings. The van der Waals surface area contributed by atoms with Gasteiger partial charge in [-0.2, -0.15) is 0 Å². The van der Waals surface area contributed by atoms with Crippen LogP contribution in [0.5, 0.6) is 0 Å². The molecule has 4 rings (SSSR count). The Morgan fingerprint density at radius 1 is 1.15 bits per heavy atom. The second kappa shape index (κ2) is 8.40. The van der Waals surface area contributed by atoms with Crippen molar-refractivity contribution in [1.82, 2.24) is 10.2 Å². The van der Waals surface area contributed by atoms with Gasteiger partial charge in [0.15, 0.2) is 0 Å². The van der Waals surface area contributed by atoms with Gasteiger partial charge in [0.1, 0.15) is 0 Å². The number of amides is 1. The average molecular weight is 390 g/mol. The van der Waals surface area contributed by atoms with Gasteiger partial charge in [0.2, 0.25) is 5.91 Å². The van der Waals surface area contributed by atoms with Crippen molar-refractivity contribution in [3.63, 3.8) is 0 Å². The Kier molecular flexibility index (Phi) is 5.93. The molecular formula is C22H32ClN3O. The van der Waals surface area contributed by atoms with E-state index in [1.165, 1.54) is 18.5 Å². The quantitative estimate of drug-likeness (QED) is 0.832. The molecule has 2 saturated carbocycles. The van der Waals surface area contributed by atoms with E-state index in [1.54, 1.807) is 0 Å². The molecular weight excluding hydrogens is 358 g/mol. The summed E-state index contributed by atoms with van der Waals surface area (Å²) in [7, 11) is 0. The predicted octanol–water partition coefficient (Wildman–Crippen LogP) is 3.79. The van der Waals surface area contributed by atoms with Crippen LogP contribution in [-0.2, 0) is 4.79 Å². The van der Waals surface area contributed by atoms with Gasteiger partial charge in [-0.3, -0.25) is 9.69 Å². The number of hydrogen-bond donors (Lipinski definition) is 1. The fourth-order valence-corrected chi connectivity index (χ4v) is 4.86. The van der Waals surface area contributed by atoms with Crippen LogP contribution in [0.1, 0.15) is 39.0 Å². The molecule has 4 nitrogen and oxygen atoms in total. The molecule has 0 radical (unpaired) electrons. The van der Waals surface area contributed by atoms with Crippen LogP contribution in [0.2, 0.25) is 5.02 Å². The van der Waals surface area contributed by atoms with Gasteiger partial charge in [-0.15, -0.1) is 0 Å². The van der Waals surface area contributed by atoms with E-state index in [2.05, 4.69) is 28.1 Å². The van der Waals surface area contributed by atoms with Crippen LogP contribution < -0.4 is 10.2 Å². The number of nitrogens with zero attached hydrogens (tertiary/aromatic N) is 2. The summed E-state index contributed by atoms with van der Waals surface area (Å²) in [5.41, 5.74) is 1.22. The molecule has 148 valence electrons. The first-order valence-electron chi connectivity index (χ1n) is 10.6. The van der Waals surface area contributed by atoms with Crippen LogP contribution in [0.4, 0.5) is 5.69 Å². The fraction of sp³-hybridized carbons (Fsp3) is 0.682. The number of anilines is 1. The molecule has 2 aliphatic carbocycles. The van der Waals surface area contributed by atoms with Crippen molar-refractivity contribution < 1.29 is 4.79 Å². The third kappa shape index (κ3) is 4.97. The number of piperazine rings is 1. The molecule has 3 aliphatic rings. The lowest BCUT2D eigenvalue weighted by molar-refractivity contribution is -0.123. The van der Waals surface area contributed by atoms with Crippen molar-refractivity contribution in [1.29, 1.82) is 0 Å². The van der Waals surface area contributed by atoms with Crippen molar-refractivity contribution in [3.05, 3.63) is 29.3 Å². The number of halogens is 1. The number of hydrogen-bond acceptors (Lipinski definition) is 3. The first kappa shape index (κ1) is 19.1. The Hall–Kier alpha value is -1.26. The fourth-order valence-electron chi connectivity index (χ4n) is 4.68. The summed E-state index contributed by atoms with van der Waals surface area (Å²) < 4.78 is 0. The Labute approximate surface area is 168 Å². The lowest BCUT2D eigenvalue weighted by Gasteiger charge is -2.36. The predicted molar refractivity (Wildman–Crippen MR) is 111 cm³/mol. The van der Waals surface area contributed by atoms with Gasteiger partial charge in [0.05, 0.1) is 0 Å². The van der Waals surface area contributed by atoms with Crippen molar-refractivity contribution in [3.8, 4) is 0 Å². The SMILES string of the molecule is CC1CCC(NC(=O)[C@@H]2C[C@H]2CN2CCN(c3cccc(Cl)c3)CC2)CC1. The molecule has 1 saturated heterocycles. The second-order valence-corrected chi connectivity index (χ2v) is 9.27. The Morgan fingerprint density at radius 3 is 2.59 bits per heavy atom. The number of benzene rings is 1. The van der Waals surface area contributed by atoms with Crippen molar-refractivity contribution in [2.75, 3.05) is 37.6 Å². The molecule has 1 aromatic carbocycles. The molecule has 0 unspecified atom stereocenters. The first-order chi connectivity index (χ1) is 13.1. The highest BCUT2D eigenvalue weighted by atomic mass is 35.5. The van der Waals surface area contributed by atoms with Gasteiger partial charge in [0, 0.05) is 55.4 Å². The minimum absolute atomic E-state index is 0.260. The van der Waals surface area contributed by atoms with E-state index in [1.807, 2.05) is 18.2 Å². The summed E-state index contributed by atoms with van der Waals surface area (Å²) in [5, 5.41) is 4.12. The molecule has 0 bridgehead atoms. The lowest BCUT2D eigenvalue weighted by Crippen LogP contribution is -2.47. The highest BCUT2D eigenvalue weighted by Crippen LogP contribution is 2.40. The zero-order valence-corrected chi connectivity index (χ0v) is 17.1. The average Bonchev–Trinajstić information content (AvgIpc) is 3.43. The minimum atomic E-state index is 0.260. The Balaban J connectivity index is 1.18. The van der Waals surface area contributed by atoms with Crippen LogP contribution >= 0.6 is 11.6 Å². The molecule has 1 amide bonds. The Morgan fingerprint density at radius 2 is 1.89 bits per heavy atom. The van der Waals surface area contributed by atoms with E-state index >= 15 is 0 Å². The van der Waals surface area contributed by atoms with Gasteiger partial charge in [-0.1, -0.05) is 24.6 Å². The van der Waals surface area contributed by atoms with Crippen LogP contribution in [0, 0.1) is 17.8 Å². The zero-order chi connectivity index (χ0) is 18.8. The number of nitrogens with one attached hydrogen (secondary N) is 1. The second-order valence-electron chi connectivity index (χ2n) is 8.84. The molecule has 1 aliphatic heterocycles. The van der Waals surface area contributed by atoms with E-state index in [4.69, 9.17) is 11.6 Å². The van der Waals surface area contributed by atoms with E-state index in [0.717, 1.165) is 62.9 Å². The maximum absolute atomic E-state index is 12.5. The molecule has 1 aromatic rings. The maximum atomic E-state index is 12.5. The third-order valence-corrected chi connectivity index (χ3v) is 6.90. The van der Waals surface area contributed by atoms with Gasteiger partial charge < -0.3 is 10.2 Å². The first-order valence-corrected chi connectivity index (χ1v) is 11.0. The van der Waals surface area contributed by atoms with Gasteiger partial charge in [-0.05, 0) is 62.1 Å². The largest absolute Gasteiger partial charge is 0.369 e. The summed E-state index contributed by atoms with van der Waals surface area (Å²) >= 11 is 6.12. The lowest BCUT2D eigenvalue weighted by atomic mass is 9.87. The molecule has 1 heterocycles. The summed E-state index contributed by atoms with van der Waals surface area (Å²) in [5.74, 6) is 1.97. The smallest absolute Gasteiger partial charge is 0.223 e. The van der Waals surface area contributed by atoms with E-state index in [9.17, 15) is 4.79 Å². The highest BCUT2D eigenvalue weighted by Gasteiger charge is 2.44. The summed E-state index contributed by atoms with van der Waals surface area (Å²) in [6.45, 7) is 7.59. The van der Waals surface area contributed by atoms with Crippen LogP contribution in [0.25, 0.3) is 0 Å². The van der Waals surface area contributed by atoms with E-state index in [0.29, 0.717) is 17.9 Å². The summed E-state index contributed by atoms with van der Waals surface area (Å²) in [6.07, 6.45) is 5.92. The molecule has 5 heteroatoms. The highest BCUT2D eigenvalue weighted by molar-refractivity contribution is 6.30. The van der Waals surface area contributed by atoms with E-state index < -0.39 is 0 Å². The monoisotopic (exact) mass is 389 g/mol. The van der Waals surface area contributed by atoms with Crippen molar-refractivity contribution >= 4 is 23.2 Å². The molecule has 0 spiro atoms. The standard InChI is InChI=1S/C22H32ClN3O/c1-16-5-7-19(8-6-16)24-22(27)21-13-17(21)15-25-9-11-26(12-10-25)20-4-2-3-18(23)14-20/h2-4,14,16-17,19,21H,5-13,15H2,1H3,(H,24,27)/t16?,17-,19?,21+/m0/s1. The number of rotatable bonds is 5. The normalized spacial score (nSPS) is 31.6. The number of carbonyl (C=O) groups excluding carboxylic acids is 1. The van der Waals surface area contributed by atoms with E-state index in [-0.39, 0.29) is 5.92 Å². The minimum Gasteiger partial charge on any atom is -0.369 e. The third-order valence-electron chi connectivity index (χ3n) is 6.66. The van der Waals surface area contributed by atoms with Crippen molar-refractivity contribution in [2.24, 2.45) is 17.8 Å². The van der Waals surface area contributed by atoms with Crippen LogP contribution in [0.3, 0.4) is 0 Å². The van der Waals surface area contributed by atoms with Gasteiger partial charge in [-0.25, -0.2) is 0 Å². The molecule has 0 aromatic heterocycles. The van der Waals surface area contributed by atoms with Crippen molar-refractivity contribution in [2.45, 2.75) is 45.1 Å². The number of carbonyl (C=O) groups is 1. The van der Waals surface area contributed by atoms with Gasteiger partial charge in [0.25, 0.3) is 0 Å². The molecule has 2 atom stereocenters. The van der Waals surface area contributed by atoms with Crippen LogP contribution in [-0.4, -0.2) is 49.6 Å². The molecule has 1 N–H and O–H groups in total. The zero-order valence-electron chi connectivity index (χ0n) is 16.4. The Bertz CT molecular complexity index is 651. The van der Waals surface area contributed by atoms with Crippen LogP contribution in [0.15, 0.2) is 24.3 Å². The van der Waals surface area contributed by atoms with Gasteiger partial charge >= 0.3 is 0 Å².